The van der Waals surface area contributed by atoms with Gasteiger partial charge in [0.1, 0.15) is 0 Å². The first kappa shape index (κ1) is 22.2. The number of hydrogen-bond acceptors (Lipinski definition) is 3. The second kappa shape index (κ2) is 11.7. The molecule has 4 atom stereocenters. The van der Waals surface area contributed by atoms with E-state index in [-0.39, 0.29) is 24.0 Å². The topological polar surface area (TPSA) is 46.1 Å². The average molecular weight is 479 g/mol. The molecule has 1 N–H and O–H groups in total. The lowest BCUT2D eigenvalue weighted by atomic mass is 9.86. The van der Waals surface area contributed by atoms with Crippen LogP contribution in [0.3, 0.4) is 0 Å². The van der Waals surface area contributed by atoms with Crippen LogP contribution in [0.25, 0.3) is 0 Å². The fourth-order valence-electron chi connectivity index (χ4n) is 5.05. The highest BCUT2D eigenvalue weighted by molar-refractivity contribution is 14.0. The number of hydrogen-bond donors (Lipinski definition) is 1. The Labute approximate surface area is 176 Å². The number of halogens is 1. The molecule has 3 fully saturated rings. The average Bonchev–Trinajstić information content (AvgIpc) is 3.35. The van der Waals surface area contributed by atoms with Crippen LogP contribution in [0.1, 0.15) is 45.4 Å². The molecule has 0 spiro atoms. The van der Waals surface area contributed by atoms with Crippen molar-refractivity contribution in [3.8, 4) is 0 Å². The van der Waals surface area contributed by atoms with Crippen molar-refractivity contribution in [2.75, 3.05) is 53.1 Å². The number of ether oxygens (including phenoxy) is 2. The van der Waals surface area contributed by atoms with E-state index in [2.05, 4.69) is 17.1 Å². The summed E-state index contributed by atoms with van der Waals surface area (Å²) in [5.41, 5.74) is 0. The Hall–Kier alpha value is -0.0800. The van der Waals surface area contributed by atoms with E-state index in [1.54, 1.807) is 7.11 Å². The van der Waals surface area contributed by atoms with Crippen molar-refractivity contribution in [2.24, 2.45) is 28.7 Å². The van der Waals surface area contributed by atoms with Crippen molar-refractivity contribution in [1.29, 1.82) is 0 Å². The van der Waals surface area contributed by atoms with Gasteiger partial charge in [0.15, 0.2) is 5.96 Å². The largest absolute Gasteiger partial charge is 0.382 e. The maximum atomic E-state index is 5.71. The SMILES string of the molecule is CCNC(=NCCC1CC2CCC1C2)N1CCC(COCCOC)C1.I. The number of nitrogens with zero attached hydrogens (tertiary/aromatic N) is 2. The summed E-state index contributed by atoms with van der Waals surface area (Å²) < 4.78 is 10.7. The highest BCUT2D eigenvalue weighted by Crippen LogP contribution is 2.49. The van der Waals surface area contributed by atoms with Gasteiger partial charge in [-0.3, -0.25) is 4.99 Å². The van der Waals surface area contributed by atoms with Gasteiger partial charge in [0, 0.05) is 39.2 Å². The van der Waals surface area contributed by atoms with Gasteiger partial charge in [0.25, 0.3) is 0 Å². The van der Waals surface area contributed by atoms with Crippen molar-refractivity contribution in [1.82, 2.24) is 10.2 Å². The molecule has 0 aromatic rings. The number of aliphatic imine (C=N–C) groups is 1. The van der Waals surface area contributed by atoms with Crippen LogP contribution in [0, 0.1) is 23.7 Å². The Morgan fingerprint density at radius 1 is 1.19 bits per heavy atom. The van der Waals surface area contributed by atoms with E-state index in [1.165, 1.54) is 38.5 Å². The third-order valence-corrected chi connectivity index (χ3v) is 6.35. The fraction of sp³-hybridized carbons (Fsp3) is 0.950. The van der Waals surface area contributed by atoms with Crippen LogP contribution in [0.15, 0.2) is 4.99 Å². The molecular formula is C20H38IN3O2. The van der Waals surface area contributed by atoms with Crippen molar-refractivity contribution < 1.29 is 9.47 Å². The van der Waals surface area contributed by atoms with E-state index in [9.17, 15) is 0 Å². The molecule has 3 aliphatic rings. The smallest absolute Gasteiger partial charge is 0.193 e. The van der Waals surface area contributed by atoms with Crippen LogP contribution >= 0.6 is 24.0 Å². The van der Waals surface area contributed by atoms with Crippen LogP contribution in [0.2, 0.25) is 0 Å². The van der Waals surface area contributed by atoms with E-state index in [0.29, 0.717) is 19.1 Å². The van der Waals surface area contributed by atoms with Crippen LogP contribution in [-0.2, 0) is 9.47 Å². The molecule has 6 heteroatoms. The normalized spacial score (nSPS) is 30.7. The predicted molar refractivity (Wildman–Crippen MR) is 117 cm³/mol. The van der Waals surface area contributed by atoms with Crippen molar-refractivity contribution >= 4 is 29.9 Å². The number of guanidine groups is 1. The highest BCUT2D eigenvalue weighted by atomic mass is 127. The number of rotatable bonds is 9. The van der Waals surface area contributed by atoms with Crippen LogP contribution < -0.4 is 5.32 Å². The Balaban J connectivity index is 0.00000243. The lowest BCUT2D eigenvalue weighted by Crippen LogP contribution is -2.40. The van der Waals surface area contributed by atoms with E-state index in [4.69, 9.17) is 14.5 Å². The van der Waals surface area contributed by atoms with Gasteiger partial charge in [-0.25, -0.2) is 0 Å². The molecule has 5 nitrogen and oxygen atoms in total. The zero-order valence-corrected chi connectivity index (χ0v) is 19.0. The number of likely N-dealkylation sites (tertiary alicyclic amines) is 1. The quantitative estimate of drug-likeness (QED) is 0.239. The lowest BCUT2D eigenvalue weighted by molar-refractivity contribution is 0.0536. The lowest BCUT2D eigenvalue weighted by Gasteiger charge is -2.23. The molecule has 26 heavy (non-hydrogen) atoms. The first-order valence-electron chi connectivity index (χ1n) is 10.4. The maximum Gasteiger partial charge on any atom is 0.193 e. The standard InChI is InChI=1S/C20H37N3O2.HI/c1-3-21-20(22-8-6-19-13-16-4-5-18(19)12-16)23-9-7-17(14-23)15-25-11-10-24-2;/h16-19H,3-15H2,1-2H3,(H,21,22);1H. The second-order valence-corrected chi connectivity index (χ2v) is 8.13. The van der Waals surface area contributed by atoms with E-state index < -0.39 is 0 Å². The molecule has 0 aromatic carbocycles. The Morgan fingerprint density at radius 2 is 2.08 bits per heavy atom. The van der Waals surface area contributed by atoms with Crippen molar-refractivity contribution in [2.45, 2.75) is 45.4 Å². The first-order valence-corrected chi connectivity index (χ1v) is 10.4. The zero-order valence-electron chi connectivity index (χ0n) is 16.6. The van der Waals surface area contributed by atoms with E-state index in [1.807, 2.05) is 0 Å². The minimum atomic E-state index is 0. The summed E-state index contributed by atoms with van der Waals surface area (Å²) in [6, 6.07) is 0. The van der Waals surface area contributed by atoms with Gasteiger partial charge >= 0.3 is 0 Å². The number of nitrogens with one attached hydrogen (secondary N) is 1. The van der Waals surface area contributed by atoms with Crippen LogP contribution in [-0.4, -0.2) is 64.0 Å². The summed E-state index contributed by atoms with van der Waals surface area (Å²) in [6.07, 6.45) is 8.44. The summed E-state index contributed by atoms with van der Waals surface area (Å²) in [5.74, 6) is 4.75. The van der Waals surface area contributed by atoms with Gasteiger partial charge in [-0.05, 0) is 56.8 Å². The van der Waals surface area contributed by atoms with Gasteiger partial charge in [0.05, 0.1) is 19.8 Å². The van der Waals surface area contributed by atoms with Gasteiger partial charge in [-0.1, -0.05) is 6.42 Å². The third kappa shape index (κ3) is 6.23. The monoisotopic (exact) mass is 479 g/mol. The fourth-order valence-corrected chi connectivity index (χ4v) is 5.05. The summed E-state index contributed by atoms with van der Waals surface area (Å²) in [4.78, 5) is 7.38. The van der Waals surface area contributed by atoms with Gasteiger partial charge in [0.2, 0.25) is 0 Å². The van der Waals surface area contributed by atoms with Crippen LogP contribution in [0.4, 0.5) is 0 Å². The molecule has 2 aliphatic carbocycles. The van der Waals surface area contributed by atoms with Gasteiger partial charge in [-0.15, -0.1) is 24.0 Å². The minimum Gasteiger partial charge on any atom is -0.382 e. The Kier molecular flexibility index (Phi) is 9.99. The van der Waals surface area contributed by atoms with Crippen LogP contribution in [0.5, 0.6) is 0 Å². The first-order chi connectivity index (χ1) is 12.3. The molecule has 2 bridgehead atoms. The summed E-state index contributed by atoms with van der Waals surface area (Å²) in [7, 11) is 1.72. The Morgan fingerprint density at radius 3 is 2.77 bits per heavy atom. The van der Waals surface area contributed by atoms with Crippen molar-refractivity contribution in [3.63, 3.8) is 0 Å². The van der Waals surface area contributed by atoms with Gasteiger partial charge in [-0.2, -0.15) is 0 Å². The maximum absolute atomic E-state index is 5.71. The zero-order chi connectivity index (χ0) is 17.5. The Bertz CT molecular complexity index is 435. The molecular weight excluding hydrogens is 441 g/mol. The highest BCUT2D eigenvalue weighted by Gasteiger charge is 2.38. The predicted octanol–water partition coefficient (Wildman–Crippen LogP) is 3.38. The summed E-state index contributed by atoms with van der Waals surface area (Å²) in [6.45, 7) is 8.47. The molecule has 0 radical (unpaired) electrons. The molecule has 4 unspecified atom stereocenters. The molecule has 0 amide bonds. The number of methoxy groups -OCH3 is 1. The third-order valence-electron chi connectivity index (χ3n) is 6.35. The second-order valence-electron chi connectivity index (χ2n) is 8.13. The molecule has 3 rings (SSSR count). The molecule has 1 saturated heterocycles. The van der Waals surface area contributed by atoms with E-state index in [0.717, 1.165) is 56.5 Å². The molecule has 152 valence electrons. The van der Waals surface area contributed by atoms with Crippen molar-refractivity contribution in [3.05, 3.63) is 0 Å². The van der Waals surface area contributed by atoms with E-state index >= 15 is 0 Å². The summed E-state index contributed by atoms with van der Waals surface area (Å²) in [5, 5.41) is 3.50. The number of fused-ring (bicyclic) bond motifs is 2. The molecule has 1 heterocycles. The minimum absolute atomic E-state index is 0. The van der Waals surface area contributed by atoms with Gasteiger partial charge < -0.3 is 19.7 Å². The summed E-state index contributed by atoms with van der Waals surface area (Å²) >= 11 is 0. The molecule has 2 saturated carbocycles. The molecule has 1 aliphatic heterocycles. The molecule has 0 aromatic heterocycles.